The first-order valence-electron chi connectivity index (χ1n) is 9.96. The fourth-order valence-electron chi connectivity index (χ4n) is 4.01. The van der Waals surface area contributed by atoms with Gasteiger partial charge in [0.05, 0.1) is 25.3 Å². The molecule has 0 bridgehead atoms. The van der Waals surface area contributed by atoms with E-state index >= 15 is 0 Å². The standard InChI is InChI=1S/C22H25N3O4S/c1-14-5-4-6-15(11-14)20(27)24-8-7-16-17(12-24)30-22-19(16)21(28)23(2)13-18(26)25(22)9-10-29-3/h4-6,11H,7-10,12-13H2,1-3H3. The number of rotatable bonds is 4. The summed E-state index contributed by atoms with van der Waals surface area (Å²) in [6.45, 7) is 3.80. The van der Waals surface area contributed by atoms with Crippen LogP contribution in [0.3, 0.4) is 0 Å². The SMILES string of the molecule is COCCN1C(=O)CN(C)C(=O)c2c1sc1c2CCN(C(=O)c2cccc(C)c2)C1. The number of fused-ring (bicyclic) bond motifs is 3. The van der Waals surface area contributed by atoms with Crippen molar-refractivity contribution < 1.29 is 19.1 Å². The summed E-state index contributed by atoms with van der Waals surface area (Å²) in [7, 11) is 3.25. The highest BCUT2D eigenvalue weighted by atomic mass is 32.1. The smallest absolute Gasteiger partial charge is 0.257 e. The normalized spacial score (nSPS) is 16.4. The number of anilines is 1. The molecular weight excluding hydrogens is 402 g/mol. The lowest BCUT2D eigenvalue weighted by Gasteiger charge is -2.27. The second kappa shape index (κ2) is 8.20. The number of methoxy groups -OCH3 is 1. The number of thiophene rings is 1. The van der Waals surface area contributed by atoms with Gasteiger partial charge in [0, 0.05) is 31.1 Å². The summed E-state index contributed by atoms with van der Waals surface area (Å²) in [6.07, 6.45) is 0.602. The van der Waals surface area contributed by atoms with E-state index in [9.17, 15) is 14.4 Å². The Balaban J connectivity index is 1.68. The van der Waals surface area contributed by atoms with Gasteiger partial charge in [-0.2, -0.15) is 0 Å². The van der Waals surface area contributed by atoms with E-state index in [1.165, 1.54) is 16.2 Å². The number of carbonyl (C=O) groups is 3. The maximum atomic E-state index is 13.1. The molecule has 8 heteroatoms. The predicted molar refractivity (Wildman–Crippen MR) is 115 cm³/mol. The molecule has 0 spiro atoms. The first-order chi connectivity index (χ1) is 14.4. The van der Waals surface area contributed by atoms with E-state index in [2.05, 4.69) is 0 Å². The summed E-state index contributed by atoms with van der Waals surface area (Å²) < 4.78 is 5.17. The van der Waals surface area contributed by atoms with Crippen LogP contribution in [0.25, 0.3) is 0 Å². The first-order valence-corrected chi connectivity index (χ1v) is 10.8. The third-order valence-electron chi connectivity index (χ3n) is 5.59. The van der Waals surface area contributed by atoms with Gasteiger partial charge in [-0.15, -0.1) is 11.3 Å². The Morgan fingerprint density at radius 2 is 2.03 bits per heavy atom. The molecule has 2 aliphatic rings. The van der Waals surface area contributed by atoms with Crippen molar-refractivity contribution in [1.82, 2.24) is 9.80 Å². The number of benzene rings is 1. The van der Waals surface area contributed by atoms with Gasteiger partial charge in [0.15, 0.2) is 0 Å². The average Bonchev–Trinajstić information content (AvgIpc) is 3.07. The number of ether oxygens (including phenoxy) is 1. The zero-order valence-electron chi connectivity index (χ0n) is 17.4. The van der Waals surface area contributed by atoms with Crippen molar-refractivity contribution in [3.05, 3.63) is 51.4 Å². The molecule has 1 aromatic carbocycles. The van der Waals surface area contributed by atoms with E-state index in [0.29, 0.717) is 48.8 Å². The van der Waals surface area contributed by atoms with Crippen molar-refractivity contribution >= 4 is 34.1 Å². The molecule has 0 atom stereocenters. The van der Waals surface area contributed by atoms with Crippen LogP contribution in [0.5, 0.6) is 0 Å². The fraction of sp³-hybridized carbons (Fsp3) is 0.409. The maximum absolute atomic E-state index is 13.1. The number of hydrogen-bond donors (Lipinski definition) is 0. The number of aryl methyl sites for hydroxylation is 1. The molecule has 30 heavy (non-hydrogen) atoms. The molecule has 0 fully saturated rings. The van der Waals surface area contributed by atoms with E-state index < -0.39 is 0 Å². The fourth-order valence-corrected chi connectivity index (χ4v) is 5.40. The second-order valence-corrected chi connectivity index (χ2v) is 8.81. The molecule has 4 rings (SSSR count). The zero-order chi connectivity index (χ0) is 21.4. The molecule has 0 N–H and O–H groups in total. The van der Waals surface area contributed by atoms with Gasteiger partial charge in [-0.05, 0) is 31.0 Å². The lowest BCUT2D eigenvalue weighted by atomic mass is 10.0. The Morgan fingerprint density at radius 3 is 2.77 bits per heavy atom. The molecule has 3 heterocycles. The number of hydrogen-bond acceptors (Lipinski definition) is 5. The highest BCUT2D eigenvalue weighted by Crippen LogP contribution is 2.41. The Morgan fingerprint density at radius 1 is 1.23 bits per heavy atom. The molecule has 0 saturated carbocycles. The summed E-state index contributed by atoms with van der Waals surface area (Å²) in [5, 5.41) is 0.682. The van der Waals surface area contributed by atoms with Crippen molar-refractivity contribution in [2.45, 2.75) is 19.9 Å². The van der Waals surface area contributed by atoms with Crippen LogP contribution in [0, 0.1) is 6.92 Å². The molecule has 3 amide bonds. The van der Waals surface area contributed by atoms with E-state index in [0.717, 1.165) is 16.0 Å². The van der Waals surface area contributed by atoms with Gasteiger partial charge in [0.1, 0.15) is 11.5 Å². The van der Waals surface area contributed by atoms with Crippen LogP contribution >= 0.6 is 11.3 Å². The minimum absolute atomic E-state index is 0.0105. The predicted octanol–water partition coefficient (Wildman–Crippen LogP) is 2.32. The van der Waals surface area contributed by atoms with E-state index in [1.54, 1.807) is 19.1 Å². The molecule has 1 aromatic heterocycles. The van der Waals surface area contributed by atoms with Crippen molar-refractivity contribution in [2.75, 3.05) is 45.3 Å². The highest BCUT2D eigenvalue weighted by Gasteiger charge is 2.37. The summed E-state index contributed by atoms with van der Waals surface area (Å²) in [4.78, 5) is 44.8. The maximum Gasteiger partial charge on any atom is 0.257 e. The van der Waals surface area contributed by atoms with Gasteiger partial charge in [-0.1, -0.05) is 17.7 Å². The molecule has 0 radical (unpaired) electrons. The number of amides is 3. The second-order valence-electron chi connectivity index (χ2n) is 7.73. The van der Waals surface area contributed by atoms with Crippen molar-refractivity contribution in [2.24, 2.45) is 0 Å². The third kappa shape index (κ3) is 3.61. The van der Waals surface area contributed by atoms with Crippen LogP contribution in [0.4, 0.5) is 5.00 Å². The van der Waals surface area contributed by atoms with Crippen LogP contribution in [0.2, 0.25) is 0 Å². The summed E-state index contributed by atoms with van der Waals surface area (Å²) in [5.74, 6) is -0.258. The van der Waals surface area contributed by atoms with Crippen LogP contribution in [-0.2, 0) is 22.5 Å². The van der Waals surface area contributed by atoms with E-state index in [-0.39, 0.29) is 24.3 Å². The summed E-state index contributed by atoms with van der Waals surface area (Å²) in [5.41, 5.74) is 3.30. The Labute approximate surface area is 179 Å². The lowest BCUT2D eigenvalue weighted by Crippen LogP contribution is -2.39. The summed E-state index contributed by atoms with van der Waals surface area (Å²) in [6, 6.07) is 7.58. The molecule has 158 valence electrons. The zero-order valence-corrected chi connectivity index (χ0v) is 18.3. The average molecular weight is 428 g/mol. The molecule has 0 saturated heterocycles. The van der Waals surface area contributed by atoms with Crippen molar-refractivity contribution in [3.63, 3.8) is 0 Å². The minimum Gasteiger partial charge on any atom is -0.383 e. The molecule has 2 aromatic rings. The topological polar surface area (TPSA) is 70.2 Å². The Bertz CT molecular complexity index is 1020. The molecular formula is C22H25N3O4S. The number of carbonyl (C=O) groups excluding carboxylic acids is 3. The quantitative estimate of drug-likeness (QED) is 0.751. The number of likely N-dealkylation sites (N-methyl/N-ethyl adjacent to an activating group) is 1. The monoisotopic (exact) mass is 427 g/mol. The van der Waals surface area contributed by atoms with Gasteiger partial charge in [-0.3, -0.25) is 19.3 Å². The van der Waals surface area contributed by atoms with Crippen molar-refractivity contribution in [1.29, 1.82) is 0 Å². The minimum atomic E-state index is -0.130. The molecule has 0 aliphatic carbocycles. The molecule has 0 unspecified atom stereocenters. The third-order valence-corrected chi connectivity index (χ3v) is 6.83. The van der Waals surface area contributed by atoms with Gasteiger partial charge in [-0.25, -0.2) is 0 Å². The van der Waals surface area contributed by atoms with E-state index in [1.807, 2.05) is 36.1 Å². The van der Waals surface area contributed by atoms with E-state index in [4.69, 9.17) is 4.74 Å². The molecule has 2 aliphatic heterocycles. The van der Waals surface area contributed by atoms with Gasteiger partial charge in [0.2, 0.25) is 5.91 Å². The highest BCUT2D eigenvalue weighted by molar-refractivity contribution is 7.17. The Hall–Kier alpha value is -2.71. The first kappa shape index (κ1) is 20.6. The van der Waals surface area contributed by atoms with Gasteiger partial charge >= 0.3 is 0 Å². The largest absolute Gasteiger partial charge is 0.383 e. The molecule has 7 nitrogen and oxygen atoms in total. The van der Waals surface area contributed by atoms with Crippen LogP contribution in [0.15, 0.2) is 24.3 Å². The van der Waals surface area contributed by atoms with Crippen LogP contribution in [0.1, 0.15) is 36.7 Å². The van der Waals surface area contributed by atoms with Crippen LogP contribution < -0.4 is 4.90 Å². The van der Waals surface area contributed by atoms with Crippen LogP contribution in [-0.4, -0.2) is 67.9 Å². The Kier molecular flexibility index (Phi) is 5.62. The summed E-state index contributed by atoms with van der Waals surface area (Å²) >= 11 is 1.45. The van der Waals surface area contributed by atoms with Gasteiger partial charge in [0.25, 0.3) is 11.8 Å². The number of nitrogens with zero attached hydrogens (tertiary/aromatic N) is 3. The van der Waals surface area contributed by atoms with Crippen molar-refractivity contribution in [3.8, 4) is 0 Å². The van der Waals surface area contributed by atoms with Gasteiger partial charge < -0.3 is 14.5 Å². The lowest BCUT2D eigenvalue weighted by molar-refractivity contribution is -0.119.